The number of unbranched alkanes of at least 4 members (excludes halogenated alkanes) is 40. The summed E-state index contributed by atoms with van der Waals surface area (Å²) < 4.78 is 11.2. The van der Waals surface area contributed by atoms with Crippen LogP contribution in [0.3, 0.4) is 0 Å². The van der Waals surface area contributed by atoms with Crippen molar-refractivity contribution in [3.8, 4) is 0 Å². The molecular weight excluding hydrogens is 815 g/mol. The van der Waals surface area contributed by atoms with Gasteiger partial charge in [-0.05, 0) is 12.8 Å². The highest BCUT2D eigenvalue weighted by Crippen LogP contribution is 2.23. The molecule has 9 nitrogen and oxygen atoms in total. The Labute approximate surface area is 402 Å². The Balaban J connectivity index is 1.91. The molecule has 0 radical (unpaired) electrons. The molecule has 0 aromatic carbocycles. The zero-order valence-electron chi connectivity index (χ0n) is 43.0. The molecule has 0 aromatic heterocycles. The predicted molar refractivity (Wildman–Crippen MR) is 272 cm³/mol. The fourth-order valence-electron chi connectivity index (χ4n) is 9.64. The van der Waals surface area contributed by atoms with Crippen LogP contribution in [0.25, 0.3) is 0 Å². The predicted octanol–water partition coefficient (Wildman–Crippen LogP) is 13.9. The van der Waals surface area contributed by atoms with Crippen molar-refractivity contribution in [2.45, 2.75) is 339 Å². The van der Waals surface area contributed by atoms with Crippen LogP contribution in [-0.2, 0) is 14.3 Å². The Bertz CT molecular complexity index is 986. The summed E-state index contributed by atoms with van der Waals surface area (Å²) in [5.41, 5.74) is 0. The number of carbonyl (C=O) groups excluding carboxylic acids is 1. The van der Waals surface area contributed by atoms with Crippen molar-refractivity contribution in [2.75, 3.05) is 13.2 Å². The fourth-order valence-corrected chi connectivity index (χ4v) is 9.64. The lowest BCUT2D eigenvalue weighted by atomic mass is 9.99. The maximum atomic E-state index is 12.9. The molecule has 7 unspecified atom stereocenters. The second kappa shape index (κ2) is 46.9. The normalized spacial score (nSPS) is 19.8. The van der Waals surface area contributed by atoms with Crippen LogP contribution in [0.1, 0.15) is 296 Å². The van der Waals surface area contributed by atoms with E-state index >= 15 is 0 Å². The number of aliphatic hydroxyl groups is 5. The van der Waals surface area contributed by atoms with Crippen LogP contribution in [0.2, 0.25) is 0 Å². The van der Waals surface area contributed by atoms with Crippen LogP contribution in [0.4, 0.5) is 0 Å². The SMILES string of the molecule is CCCCCCCCCCCCCCCCCCCCCCCCCCCCCCCCCCCCCCCC(=O)NC(COC1OC(CO)C(O)C(O)C1O)C(O)CCCCCCC. The number of aliphatic hydroxyl groups excluding tert-OH is 5. The van der Waals surface area contributed by atoms with Crippen LogP contribution in [0.15, 0.2) is 0 Å². The molecule has 9 heteroatoms. The van der Waals surface area contributed by atoms with Gasteiger partial charge in [-0.15, -0.1) is 0 Å². The molecule has 7 atom stereocenters. The smallest absolute Gasteiger partial charge is 0.220 e. The van der Waals surface area contributed by atoms with E-state index in [1.54, 1.807) is 0 Å². The van der Waals surface area contributed by atoms with Gasteiger partial charge in [0.05, 0.1) is 25.4 Å². The van der Waals surface area contributed by atoms with Crippen molar-refractivity contribution < 1.29 is 39.8 Å². The molecule has 1 amide bonds. The third-order valence-electron chi connectivity index (χ3n) is 14.2. The van der Waals surface area contributed by atoms with Crippen LogP contribution >= 0.6 is 0 Å². The summed E-state index contributed by atoms with van der Waals surface area (Å²) in [7, 11) is 0. The first-order valence-corrected chi connectivity index (χ1v) is 28.7. The quantitative estimate of drug-likeness (QED) is 0.0330. The summed E-state index contributed by atoms with van der Waals surface area (Å²) >= 11 is 0. The standard InChI is InChI=1S/C56H111NO8/c1-3-5-7-9-10-11-12-13-14-15-16-17-18-19-20-21-22-23-24-25-26-27-28-29-30-31-32-33-34-35-36-37-38-39-40-42-44-46-52(60)57-49(50(59)45-43-41-8-6-4-2)48-64-56-55(63)54(62)53(61)51(47-58)65-56/h49-51,53-56,58-59,61-63H,3-48H2,1-2H3,(H,57,60). The maximum absolute atomic E-state index is 12.9. The first-order valence-electron chi connectivity index (χ1n) is 28.7. The van der Waals surface area contributed by atoms with Gasteiger partial charge in [0, 0.05) is 6.42 Å². The third-order valence-corrected chi connectivity index (χ3v) is 14.2. The Kier molecular flexibility index (Phi) is 44.9. The molecule has 1 heterocycles. The third kappa shape index (κ3) is 36.8. The minimum absolute atomic E-state index is 0.135. The van der Waals surface area contributed by atoms with E-state index in [1.807, 2.05) is 0 Å². The molecule has 65 heavy (non-hydrogen) atoms. The van der Waals surface area contributed by atoms with Crippen molar-refractivity contribution in [1.29, 1.82) is 0 Å². The van der Waals surface area contributed by atoms with E-state index in [4.69, 9.17) is 9.47 Å². The van der Waals surface area contributed by atoms with Gasteiger partial charge in [-0.2, -0.15) is 0 Å². The van der Waals surface area contributed by atoms with Crippen molar-refractivity contribution >= 4 is 5.91 Å². The highest BCUT2D eigenvalue weighted by Gasteiger charge is 2.44. The lowest BCUT2D eigenvalue weighted by Crippen LogP contribution is -2.60. The minimum Gasteiger partial charge on any atom is -0.394 e. The molecule has 388 valence electrons. The lowest BCUT2D eigenvalue weighted by Gasteiger charge is -2.40. The molecule has 0 saturated carbocycles. The van der Waals surface area contributed by atoms with Gasteiger partial charge < -0.3 is 40.3 Å². The van der Waals surface area contributed by atoms with Crippen LogP contribution in [0.5, 0.6) is 0 Å². The monoisotopic (exact) mass is 926 g/mol. The zero-order valence-corrected chi connectivity index (χ0v) is 43.0. The Morgan fingerprint density at radius 2 is 0.769 bits per heavy atom. The van der Waals surface area contributed by atoms with Crippen molar-refractivity contribution in [3.05, 3.63) is 0 Å². The average molecular weight is 927 g/mol. The van der Waals surface area contributed by atoms with E-state index in [0.717, 1.165) is 51.4 Å². The van der Waals surface area contributed by atoms with Crippen molar-refractivity contribution in [1.82, 2.24) is 5.32 Å². The minimum atomic E-state index is -1.55. The van der Waals surface area contributed by atoms with Gasteiger partial charge in [-0.25, -0.2) is 0 Å². The summed E-state index contributed by atoms with van der Waals surface area (Å²) in [5, 5.41) is 54.0. The number of rotatable bonds is 50. The summed E-state index contributed by atoms with van der Waals surface area (Å²) in [4.78, 5) is 12.9. The van der Waals surface area contributed by atoms with E-state index in [9.17, 15) is 30.3 Å². The zero-order chi connectivity index (χ0) is 47.3. The van der Waals surface area contributed by atoms with Crippen molar-refractivity contribution in [2.24, 2.45) is 0 Å². The van der Waals surface area contributed by atoms with Gasteiger partial charge in [0.25, 0.3) is 0 Å². The first kappa shape index (κ1) is 62.2. The van der Waals surface area contributed by atoms with Crippen molar-refractivity contribution in [3.63, 3.8) is 0 Å². The number of hydrogen-bond acceptors (Lipinski definition) is 8. The van der Waals surface area contributed by atoms with Gasteiger partial charge in [0.15, 0.2) is 6.29 Å². The maximum Gasteiger partial charge on any atom is 0.220 e. The highest BCUT2D eigenvalue weighted by molar-refractivity contribution is 5.76. The number of carbonyl (C=O) groups is 1. The molecule has 1 saturated heterocycles. The molecule has 0 aliphatic carbocycles. The number of ether oxygens (including phenoxy) is 2. The number of hydrogen-bond donors (Lipinski definition) is 6. The number of nitrogens with one attached hydrogen (secondary N) is 1. The molecule has 0 spiro atoms. The molecule has 0 bridgehead atoms. The van der Waals surface area contributed by atoms with E-state index in [0.29, 0.717) is 12.8 Å². The number of amides is 1. The Morgan fingerprint density at radius 3 is 1.09 bits per heavy atom. The lowest BCUT2D eigenvalue weighted by molar-refractivity contribution is -0.302. The summed E-state index contributed by atoms with van der Waals surface area (Å²) in [6.45, 7) is 3.77. The van der Waals surface area contributed by atoms with Gasteiger partial charge >= 0.3 is 0 Å². The molecular formula is C56H111NO8. The second-order valence-electron chi connectivity index (χ2n) is 20.5. The van der Waals surface area contributed by atoms with E-state index in [2.05, 4.69) is 19.2 Å². The fraction of sp³-hybridized carbons (Fsp3) is 0.982. The van der Waals surface area contributed by atoms with Crippen LogP contribution < -0.4 is 5.32 Å². The van der Waals surface area contributed by atoms with Gasteiger partial charge in [0.2, 0.25) is 5.91 Å². The van der Waals surface area contributed by atoms with Crippen LogP contribution in [0, 0.1) is 0 Å². The first-order chi connectivity index (χ1) is 31.8. The highest BCUT2D eigenvalue weighted by atomic mass is 16.7. The molecule has 1 fully saturated rings. The molecule has 1 aliphatic rings. The van der Waals surface area contributed by atoms with E-state index < -0.39 is 49.5 Å². The second-order valence-corrected chi connectivity index (χ2v) is 20.5. The van der Waals surface area contributed by atoms with Gasteiger partial charge in [0.1, 0.15) is 24.4 Å². The summed E-state index contributed by atoms with van der Waals surface area (Å²) in [6.07, 6.45) is 49.5. The largest absolute Gasteiger partial charge is 0.394 e. The Hall–Kier alpha value is -0.810. The van der Waals surface area contributed by atoms with E-state index in [1.165, 1.54) is 218 Å². The summed E-state index contributed by atoms with van der Waals surface area (Å²) in [6, 6.07) is -0.709. The molecule has 1 rings (SSSR count). The topological polar surface area (TPSA) is 149 Å². The molecule has 6 N–H and O–H groups in total. The van der Waals surface area contributed by atoms with Crippen LogP contribution in [-0.4, -0.2) is 87.5 Å². The summed E-state index contributed by atoms with van der Waals surface area (Å²) in [5.74, 6) is -0.145. The Morgan fingerprint density at radius 1 is 0.462 bits per heavy atom. The average Bonchev–Trinajstić information content (AvgIpc) is 3.31. The van der Waals surface area contributed by atoms with Gasteiger partial charge in [-0.3, -0.25) is 4.79 Å². The molecule has 1 aliphatic heterocycles. The van der Waals surface area contributed by atoms with Gasteiger partial charge in [-0.1, -0.05) is 277 Å². The van der Waals surface area contributed by atoms with E-state index in [-0.39, 0.29) is 12.5 Å². The molecule has 0 aromatic rings.